The van der Waals surface area contributed by atoms with Gasteiger partial charge in [-0.25, -0.2) is 4.98 Å². The van der Waals surface area contributed by atoms with Crippen molar-refractivity contribution in [2.45, 2.75) is 0 Å². The summed E-state index contributed by atoms with van der Waals surface area (Å²) in [6.45, 7) is 0. The Kier molecular flexibility index (Phi) is 6.18. The topological polar surface area (TPSA) is 38.9 Å². The number of hydrogen-bond acceptors (Lipinski definition) is 3. The summed E-state index contributed by atoms with van der Waals surface area (Å²) >= 11 is 0. The number of fused-ring (bicyclic) bond motifs is 8. The lowest BCUT2D eigenvalue weighted by molar-refractivity contribution is 0.673. The Morgan fingerprint density at radius 2 is 1.10 bits per heavy atom. The summed E-state index contributed by atoms with van der Waals surface area (Å²) in [5.74, 6) is 0. The number of aromatic nitrogens is 2. The van der Waals surface area contributed by atoms with Crippen molar-refractivity contribution in [2.24, 2.45) is 0 Å². The van der Waals surface area contributed by atoms with E-state index in [1.54, 1.807) is 0 Å². The molecule has 0 radical (unpaired) electrons. The second-order valence-electron chi connectivity index (χ2n) is 12.6. The molecule has 10 aromatic rings. The zero-order valence-electron chi connectivity index (χ0n) is 26.5. The molecular formula is C46H28N2O. The summed E-state index contributed by atoms with van der Waals surface area (Å²) in [6, 6.07) is 57.9. The number of hydrogen-bond donors (Lipinski definition) is 0. The average Bonchev–Trinajstić information content (AvgIpc) is 3.56. The summed E-state index contributed by atoms with van der Waals surface area (Å²) in [6.07, 6.45) is 1.83. The zero-order chi connectivity index (χ0) is 32.3. The summed E-state index contributed by atoms with van der Waals surface area (Å²) in [5, 5.41) is 6.68. The van der Waals surface area contributed by atoms with Crippen molar-refractivity contribution < 1.29 is 4.42 Å². The predicted molar refractivity (Wildman–Crippen MR) is 204 cm³/mol. The third kappa shape index (κ3) is 4.51. The highest BCUT2D eigenvalue weighted by Crippen LogP contribution is 2.43. The van der Waals surface area contributed by atoms with Gasteiger partial charge in [-0.1, -0.05) is 127 Å². The van der Waals surface area contributed by atoms with Crippen LogP contribution in [0.5, 0.6) is 0 Å². The Balaban J connectivity index is 1.14. The van der Waals surface area contributed by atoms with Gasteiger partial charge in [-0.15, -0.1) is 0 Å². The van der Waals surface area contributed by atoms with Crippen LogP contribution in [0, 0.1) is 0 Å². The predicted octanol–water partition coefficient (Wildman–Crippen LogP) is 12.5. The highest BCUT2D eigenvalue weighted by atomic mass is 16.3. The lowest BCUT2D eigenvalue weighted by atomic mass is 9.90. The minimum absolute atomic E-state index is 0.879. The first-order valence-corrected chi connectivity index (χ1v) is 16.6. The van der Waals surface area contributed by atoms with E-state index in [1.807, 2.05) is 12.3 Å². The van der Waals surface area contributed by atoms with Gasteiger partial charge in [0.1, 0.15) is 11.2 Å². The van der Waals surface area contributed by atoms with Crippen molar-refractivity contribution in [3.63, 3.8) is 0 Å². The molecule has 0 aliphatic carbocycles. The first kappa shape index (κ1) is 27.5. The first-order chi connectivity index (χ1) is 24.3. The van der Waals surface area contributed by atoms with E-state index in [2.05, 4.69) is 163 Å². The van der Waals surface area contributed by atoms with E-state index in [9.17, 15) is 0 Å². The second kappa shape index (κ2) is 11.0. The van der Waals surface area contributed by atoms with Gasteiger partial charge in [0.05, 0.1) is 16.7 Å². The number of rotatable bonds is 4. The van der Waals surface area contributed by atoms with E-state index < -0.39 is 0 Å². The van der Waals surface area contributed by atoms with Crippen molar-refractivity contribution in [3.05, 3.63) is 170 Å². The Bertz CT molecular complexity index is 2890. The molecule has 0 saturated carbocycles. The summed E-state index contributed by atoms with van der Waals surface area (Å²) in [4.78, 5) is 9.76. The van der Waals surface area contributed by atoms with Crippen LogP contribution in [0.1, 0.15) is 0 Å². The van der Waals surface area contributed by atoms with Gasteiger partial charge in [0.2, 0.25) is 0 Å². The van der Waals surface area contributed by atoms with E-state index in [0.29, 0.717) is 0 Å². The van der Waals surface area contributed by atoms with Gasteiger partial charge in [0.25, 0.3) is 0 Å². The van der Waals surface area contributed by atoms with Gasteiger partial charge >= 0.3 is 0 Å². The summed E-state index contributed by atoms with van der Waals surface area (Å²) in [5.41, 5.74) is 12.7. The molecule has 0 N–H and O–H groups in total. The molecule has 0 amide bonds. The monoisotopic (exact) mass is 624 g/mol. The molecule has 0 fully saturated rings. The van der Waals surface area contributed by atoms with Crippen LogP contribution in [0.25, 0.3) is 99.2 Å². The molecule has 0 aliphatic heterocycles. The van der Waals surface area contributed by atoms with Crippen LogP contribution in [0.15, 0.2) is 174 Å². The Labute approximate surface area is 282 Å². The fourth-order valence-electron chi connectivity index (χ4n) is 7.33. The maximum atomic E-state index is 6.62. The van der Waals surface area contributed by atoms with E-state index in [1.165, 1.54) is 27.6 Å². The van der Waals surface area contributed by atoms with Crippen LogP contribution in [-0.4, -0.2) is 9.97 Å². The molecule has 0 spiro atoms. The molecular weight excluding hydrogens is 597 g/mol. The quantitative estimate of drug-likeness (QED) is 0.183. The number of pyridine rings is 2. The lowest BCUT2D eigenvalue weighted by Gasteiger charge is -2.13. The molecule has 3 heteroatoms. The fourth-order valence-corrected chi connectivity index (χ4v) is 7.33. The van der Waals surface area contributed by atoms with Gasteiger partial charge < -0.3 is 4.42 Å². The molecule has 0 atom stereocenters. The molecule has 0 aliphatic rings. The maximum Gasteiger partial charge on any atom is 0.143 e. The molecule has 7 aromatic carbocycles. The zero-order valence-corrected chi connectivity index (χ0v) is 26.5. The van der Waals surface area contributed by atoms with Gasteiger partial charge in [0.15, 0.2) is 0 Å². The normalized spacial score (nSPS) is 11.7. The number of nitrogens with zero attached hydrogens (tertiary/aromatic N) is 2. The second-order valence-corrected chi connectivity index (χ2v) is 12.6. The van der Waals surface area contributed by atoms with Gasteiger partial charge in [-0.05, 0) is 75.2 Å². The molecule has 3 nitrogen and oxygen atoms in total. The lowest BCUT2D eigenvalue weighted by Crippen LogP contribution is -1.89. The van der Waals surface area contributed by atoms with Crippen LogP contribution in [0.2, 0.25) is 0 Å². The molecule has 10 rings (SSSR count). The maximum absolute atomic E-state index is 6.62. The first-order valence-electron chi connectivity index (χ1n) is 16.6. The van der Waals surface area contributed by atoms with E-state index in [4.69, 9.17) is 9.40 Å². The molecule has 3 heterocycles. The minimum atomic E-state index is 0.879. The summed E-state index contributed by atoms with van der Waals surface area (Å²) < 4.78 is 6.62. The van der Waals surface area contributed by atoms with Crippen LogP contribution < -0.4 is 0 Å². The molecule has 228 valence electrons. The highest BCUT2D eigenvalue weighted by Gasteiger charge is 2.18. The Morgan fingerprint density at radius 3 is 2.00 bits per heavy atom. The van der Waals surface area contributed by atoms with Gasteiger partial charge in [-0.2, -0.15) is 0 Å². The van der Waals surface area contributed by atoms with E-state index in [-0.39, 0.29) is 0 Å². The van der Waals surface area contributed by atoms with E-state index >= 15 is 0 Å². The molecule has 3 aromatic heterocycles. The van der Waals surface area contributed by atoms with Crippen molar-refractivity contribution in [3.8, 4) is 44.6 Å². The van der Waals surface area contributed by atoms with Crippen molar-refractivity contribution in [1.29, 1.82) is 0 Å². The molecule has 0 bridgehead atoms. The van der Waals surface area contributed by atoms with Gasteiger partial charge in [-0.3, -0.25) is 4.98 Å². The standard InChI is InChI=1S/C46H28N2O/c1-2-10-29(11-3-1)35-15-4-5-16-36(35)39-28-41-40-27-33(22-24-43(40)49-46(41)38-18-7-6-17-37(38)39)32-12-8-13-34(26-32)42-23-21-31-20-19-30-14-9-25-47-44(30)45(31)48-42/h1-28H. The smallest absolute Gasteiger partial charge is 0.143 e. The number of furan rings is 1. The average molecular weight is 625 g/mol. The van der Waals surface area contributed by atoms with E-state index in [0.717, 1.165) is 71.5 Å². The van der Waals surface area contributed by atoms with Crippen LogP contribution >= 0.6 is 0 Å². The van der Waals surface area contributed by atoms with Crippen LogP contribution in [0.4, 0.5) is 0 Å². The summed E-state index contributed by atoms with van der Waals surface area (Å²) in [7, 11) is 0. The number of benzene rings is 7. The van der Waals surface area contributed by atoms with Crippen molar-refractivity contribution in [1.82, 2.24) is 9.97 Å². The third-order valence-corrected chi connectivity index (χ3v) is 9.70. The van der Waals surface area contributed by atoms with Crippen LogP contribution in [-0.2, 0) is 0 Å². The highest BCUT2D eigenvalue weighted by molar-refractivity contribution is 6.20. The van der Waals surface area contributed by atoms with Crippen molar-refractivity contribution >= 4 is 54.5 Å². The molecule has 49 heavy (non-hydrogen) atoms. The minimum Gasteiger partial charge on any atom is -0.455 e. The van der Waals surface area contributed by atoms with Crippen LogP contribution in [0.3, 0.4) is 0 Å². The SMILES string of the molecule is c1ccc(-c2ccccc2-c2cc3c4cc(-c5cccc(-c6ccc7ccc8cccnc8c7n6)c5)ccc4oc3c3ccccc23)cc1. The van der Waals surface area contributed by atoms with Gasteiger partial charge in [0, 0.05) is 38.7 Å². The fraction of sp³-hybridized carbons (Fsp3) is 0. The molecule has 0 saturated heterocycles. The van der Waals surface area contributed by atoms with Crippen molar-refractivity contribution in [2.75, 3.05) is 0 Å². The Morgan fingerprint density at radius 1 is 0.388 bits per heavy atom. The third-order valence-electron chi connectivity index (χ3n) is 9.70. The molecule has 0 unspecified atom stereocenters. The largest absolute Gasteiger partial charge is 0.455 e. The Hall–Kier alpha value is -6.58.